The molecule has 0 spiro atoms. The molecule has 5 heterocycles. The van der Waals surface area contributed by atoms with E-state index >= 15 is 8.78 Å². The molecule has 18 nitrogen and oxygen atoms in total. The number of imidazole rings is 1. The maximum absolute atomic E-state index is 16.4. The average Bonchev–Trinajstić information content (AvgIpc) is 3.73. The van der Waals surface area contributed by atoms with Crippen molar-refractivity contribution < 1.29 is 45.5 Å². The van der Waals surface area contributed by atoms with Crippen molar-refractivity contribution in [2.75, 3.05) is 30.5 Å². The number of hydrogen-bond donors (Lipinski definition) is 4. The van der Waals surface area contributed by atoms with E-state index < -0.39 is 86.4 Å². The van der Waals surface area contributed by atoms with Crippen LogP contribution in [0.1, 0.15) is 32.9 Å². The molecule has 1 aliphatic carbocycles. The van der Waals surface area contributed by atoms with E-state index in [-0.39, 0.29) is 43.2 Å². The molecule has 0 radical (unpaired) electrons. The van der Waals surface area contributed by atoms with Gasteiger partial charge in [-0.25, -0.2) is 28.3 Å². The van der Waals surface area contributed by atoms with Crippen LogP contribution in [-0.2, 0) is 48.5 Å². The lowest BCUT2D eigenvalue weighted by molar-refractivity contribution is -0.118. The number of carbonyl (C=O) groups excluding carboxylic acids is 1. The van der Waals surface area contributed by atoms with Crippen molar-refractivity contribution in [1.29, 1.82) is 5.26 Å². The SMILES string of the molecule is CC(C)C(=O)Nc1nc2c(ncn2[C@@H]2OC3COP(=O)(S)O[C@@H]4[C@@H](COP(=S)(OCCC#N)O[C@@H]2[C@@H]3F)C[C@@H](Nc2ccncn2)[C@@H]4F)c(=O)[nH]1. The lowest BCUT2D eigenvalue weighted by atomic mass is 10.1. The highest BCUT2D eigenvalue weighted by Crippen LogP contribution is 2.60. The fourth-order valence-electron chi connectivity index (χ4n) is 5.68. The molecule has 2 aliphatic heterocycles. The van der Waals surface area contributed by atoms with Crippen LogP contribution in [0.5, 0.6) is 0 Å². The van der Waals surface area contributed by atoms with E-state index in [0.29, 0.717) is 5.82 Å². The van der Waals surface area contributed by atoms with Crippen molar-refractivity contribution >= 4 is 66.4 Å². The van der Waals surface area contributed by atoms with Gasteiger partial charge in [0.25, 0.3) is 5.56 Å². The molecule has 10 atom stereocenters. The highest BCUT2D eigenvalue weighted by atomic mass is 32.7. The molecule has 3 fully saturated rings. The summed E-state index contributed by atoms with van der Waals surface area (Å²) < 4.78 is 82.0. The smallest absolute Gasteiger partial charge is 0.364 e. The van der Waals surface area contributed by atoms with Crippen molar-refractivity contribution in [2.45, 2.75) is 69.6 Å². The second kappa shape index (κ2) is 15.6. The molecule has 3 aromatic heterocycles. The van der Waals surface area contributed by atoms with Crippen LogP contribution in [0.3, 0.4) is 0 Å². The summed E-state index contributed by atoms with van der Waals surface area (Å²) in [6.07, 6.45) is -5.98. The van der Waals surface area contributed by atoms with Gasteiger partial charge in [0.15, 0.2) is 23.6 Å². The number of carbonyl (C=O) groups is 1. The summed E-state index contributed by atoms with van der Waals surface area (Å²) in [5.41, 5.74) is -0.991. The minimum absolute atomic E-state index is 0.0671. The zero-order chi connectivity index (χ0) is 36.5. The third-order valence-electron chi connectivity index (χ3n) is 8.19. The van der Waals surface area contributed by atoms with Crippen LogP contribution in [0.25, 0.3) is 11.2 Å². The molecule has 3 aliphatic rings. The van der Waals surface area contributed by atoms with Crippen molar-refractivity contribution in [2.24, 2.45) is 11.8 Å². The number of nitriles is 1. The van der Waals surface area contributed by atoms with Gasteiger partial charge in [-0.15, -0.1) is 0 Å². The number of fused-ring (bicyclic) bond motifs is 4. The minimum atomic E-state index is -4.38. The zero-order valence-electron chi connectivity index (χ0n) is 26.9. The van der Waals surface area contributed by atoms with E-state index in [1.165, 1.54) is 17.1 Å². The Morgan fingerprint density at radius 3 is 2.78 bits per heavy atom. The van der Waals surface area contributed by atoms with Gasteiger partial charge in [-0.05, 0) is 24.3 Å². The third kappa shape index (κ3) is 8.49. The van der Waals surface area contributed by atoms with Crippen molar-refractivity contribution in [3.8, 4) is 6.07 Å². The van der Waals surface area contributed by atoms with Gasteiger partial charge in [-0.3, -0.25) is 38.0 Å². The standard InChI is InChI=1S/C27H33F2N9O9P2S2/c1-13(2)24(39)36-27-35-23-20(25(40)37-27)33-12-38(23)26-22-19(29)16(45-26)10-43-48(41,50)46-21-14(9-44-49(51,47-22)42-7-3-5-30)8-15(18(21)28)34-17-4-6-31-11-32-17/h4,6,11-16,18-19,21-22,26H,3,7-10H2,1-2H3,(H,41,50)(H,31,32,34)(H2,35,36,37,39,40)/t14-,15-,16?,18+,19-,21-,22-,26-,48?,49?/m1/s1. The van der Waals surface area contributed by atoms with Gasteiger partial charge >= 0.3 is 13.5 Å². The first-order valence-electron chi connectivity index (χ1n) is 15.6. The average molecular weight is 792 g/mol. The minimum Gasteiger partial charge on any atom is -0.364 e. The first-order valence-corrected chi connectivity index (χ1v) is 20.9. The first-order chi connectivity index (χ1) is 24.3. The number of nitrogens with zero attached hydrogens (tertiary/aromatic N) is 6. The molecule has 24 heteroatoms. The number of anilines is 2. The van der Waals surface area contributed by atoms with Crippen LogP contribution >= 0.6 is 25.8 Å². The van der Waals surface area contributed by atoms with E-state index in [0.717, 1.165) is 6.33 Å². The number of ether oxygens (including phenoxy) is 1. The molecular formula is C27H33F2N9O9P2S2. The summed E-state index contributed by atoms with van der Waals surface area (Å²) in [7, 11) is 0. The molecule has 3 unspecified atom stereocenters. The number of H-pyrrole nitrogens is 1. The summed E-state index contributed by atoms with van der Waals surface area (Å²) in [5.74, 6) is -1.58. The van der Waals surface area contributed by atoms with Gasteiger partial charge in [0.2, 0.25) is 11.9 Å². The Labute approximate surface area is 299 Å². The first kappa shape index (κ1) is 37.8. The van der Waals surface area contributed by atoms with Crippen LogP contribution in [-0.4, -0.2) is 91.9 Å². The van der Waals surface area contributed by atoms with Gasteiger partial charge in [-0.1, -0.05) is 26.1 Å². The predicted octanol–water partition coefficient (Wildman–Crippen LogP) is 3.59. The molecule has 1 saturated carbocycles. The molecule has 2 saturated heterocycles. The van der Waals surface area contributed by atoms with Crippen molar-refractivity contribution in [3.63, 3.8) is 0 Å². The molecule has 51 heavy (non-hydrogen) atoms. The van der Waals surface area contributed by atoms with Crippen LogP contribution in [0, 0.1) is 23.2 Å². The number of hydrogen-bond acceptors (Lipinski definition) is 16. The third-order valence-corrected chi connectivity index (χ3v) is 12.2. The van der Waals surface area contributed by atoms with Gasteiger partial charge in [0, 0.05) is 18.0 Å². The highest BCUT2D eigenvalue weighted by Gasteiger charge is 2.53. The number of nitrogens with one attached hydrogen (secondary N) is 3. The fourth-order valence-corrected chi connectivity index (χ4v) is 9.31. The molecule has 6 rings (SSSR count). The zero-order valence-corrected chi connectivity index (χ0v) is 30.4. The maximum atomic E-state index is 16.4. The Morgan fingerprint density at radius 2 is 2.06 bits per heavy atom. The van der Waals surface area contributed by atoms with Gasteiger partial charge in [0.1, 0.15) is 36.6 Å². The molecule has 3 N–H and O–H groups in total. The summed E-state index contributed by atoms with van der Waals surface area (Å²) in [5, 5.41) is 14.6. The Kier molecular flexibility index (Phi) is 11.5. The van der Waals surface area contributed by atoms with E-state index in [2.05, 4.69) is 47.8 Å². The second-order valence-corrected chi connectivity index (χ2v) is 17.9. The number of thiol groups is 1. The van der Waals surface area contributed by atoms with Crippen molar-refractivity contribution in [1.82, 2.24) is 29.5 Å². The fraction of sp³-hybridized carbons (Fsp3) is 0.593. The lowest BCUT2D eigenvalue weighted by Gasteiger charge is -2.30. The Bertz CT molecular complexity index is 1940. The van der Waals surface area contributed by atoms with E-state index in [9.17, 15) is 14.2 Å². The van der Waals surface area contributed by atoms with Crippen molar-refractivity contribution in [3.05, 3.63) is 35.3 Å². The van der Waals surface area contributed by atoms with E-state index in [1.807, 2.05) is 6.07 Å². The topological polar surface area (TPSA) is 227 Å². The monoisotopic (exact) mass is 791 g/mol. The van der Waals surface area contributed by atoms with Crippen LogP contribution < -0.4 is 16.2 Å². The number of aromatic amines is 1. The maximum Gasteiger partial charge on any atom is 0.386 e. The van der Waals surface area contributed by atoms with Gasteiger partial charge in [0.05, 0.1) is 44.7 Å². The Balaban J connectivity index is 1.34. The Hall–Kier alpha value is -2.96. The van der Waals surface area contributed by atoms with Gasteiger partial charge < -0.3 is 19.1 Å². The lowest BCUT2D eigenvalue weighted by Crippen LogP contribution is -2.34. The molecular weight excluding hydrogens is 758 g/mol. The second-order valence-electron chi connectivity index (χ2n) is 12.1. The molecule has 276 valence electrons. The molecule has 2 bridgehead atoms. The summed E-state index contributed by atoms with van der Waals surface area (Å²) >= 11 is 9.76. The van der Waals surface area contributed by atoms with E-state index in [4.69, 9.17) is 44.4 Å². The Morgan fingerprint density at radius 1 is 1.25 bits per heavy atom. The number of rotatable bonds is 8. The molecule has 0 aromatic carbocycles. The predicted molar refractivity (Wildman–Crippen MR) is 182 cm³/mol. The highest BCUT2D eigenvalue weighted by molar-refractivity contribution is 8.44. The van der Waals surface area contributed by atoms with Crippen LogP contribution in [0.15, 0.2) is 29.7 Å². The van der Waals surface area contributed by atoms with E-state index in [1.54, 1.807) is 19.9 Å². The summed E-state index contributed by atoms with van der Waals surface area (Å²) in [4.78, 5) is 44.0. The summed E-state index contributed by atoms with van der Waals surface area (Å²) in [6.45, 7) is -6.41. The number of halogens is 2. The largest absolute Gasteiger partial charge is 0.386 e. The van der Waals surface area contributed by atoms with Gasteiger partial charge in [-0.2, -0.15) is 10.2 Å². The number of aromatic nitrogens is 6. The van der Waals surface area contributed by atoms with Crippen LogP contribution in [0.2, 0.25) is 0 Å². The number of alkyl halides is 2. The van der Waals surface area contributed by atoms with Crippen LogP contribution in [0.4, 0.5) is 20.5 Å². The molecule has 3 aromatic rings. The molecule has 1 amide bonds. The summed E-state index contributed by atoms with van der Waals surface area (Å²) in [6, 6.07) is 2.57. The quantitative estimate of drug-likeness (QED) is 0.145. The normalized spacial score (nSPS) is 34.2. The number of amides is 1.